The molecule has 158 valence electrons. The molecule has 3 rings (SSSR count). The molecule has 1 unspecified atom stereocenters. The first-order valence-electron chi connectivity index (χ1n) is 10.1. The molecule has 2 heterocycles. The number of rotatable bonds is 6. The molecule has 0 aromatic heterocycles. The van der Waals surface area contributed by atoms with Crippen molar-refractivity contribution in [3.05, 3.63) is 29.8 Å². The van der Waals surface area contributed by atoms with Gasteiger partial charge >= 0.3 is 0 Å². The number of ether oxygens (including phenoxy) is 3. The molecule has 0 radical (unpaired) electrons. The number of hydrogen-bond donors (Lipinski definition) is 1. The van der Waals surface area contributed by atoms with Crippen LogP contribution in [0.25, 0.3) is 0 Å². The first-order chi connectivity index (χ1) is 13.3. The van der Waals surface area contributed by atoms with E-state index in [9.17, 15) is 0 Å². The number of benzene rings is 1. The van der Waals surface area contributed by atoms with Crippen LogP contribution in [0.4, 0.5) is 0 Å². The van der Waals surface area contributed by atoms with Crippen LogP contribution in [0, 0.1) is 0 Å². The summed E-state index contributed by atoms with van der Waals surface area (Å²) in [7, 11) is 3.55. The van der Waals surface area contributed by atoms with Crippen molar-refractivity contribution in [1.82, 2.24) is 10.2 Å². The summed E-state index contributed by atoms with van der Waals surface area (Å²) in [4.78, 5) is 6.77. The molecule has 1 aromatic rings. The summed E-state index contributed by atoms with van der Waals surface area (Å²) < 4.78 is 17.3. The van der Waals surface area contributed by atoms with Gasteiger partial charge in [0.25, 0.3) is 0 Å². The van der Waals surface area contributed by atoms with Crippen LogP contribution in [0.15, 0.2) is 29.3 Å². The summed E-state index contributed by atoms with van der Waals surface area (Å²) >= 11 is 0. The Bertz CT molecular complexity index is 600. The Morgan fingerprint density at radius 1 is 1.21 bits per heavy atom. The molecule has 2 aliphatic heterocycles. The van der Waals surface area contributed by atoms with E-state index in [1.165, 1.54) is 12.8 Å². The number of nitrogens with zero attached hydrogens (tertiary/aromatic N) is 2. The van der Waals surface area contributed by atoms with Gasteiger partial charge in [-0.2, -0.15) is 0 Å². The van der Waals surface area contributed by atoms with Crippen LogP contribution in [0.1, 0.15) is 37.7 Å². The molecule has 0 saturated carbocycles. The minimum atomic E-state index is 0. The third kappa shape index (κ3) is 6.77. The fraction of sp³-hybridized carbons (Fsp3) is 0.667. The Balaban J connectivity index is 0.00000280. The largest absolute Gasteiger partial charge is 0.496 e. The topological polar surface area (TPSA) is 55.3 Å². The van der Waals surface area contributed by atoms with Gasteiger partial charge in [-0.25, -0.2) is 0 Å². The number of guanidine groups is 1. The van der Waals surface area contributed by atoms with Gasteiger partial charge in [0.15, 0.2) is 5.96 Å². The van der Waals surface area contributed by atoms with E-state index in [-0.39, 0.29) is 24.0 Å². The predicted octanol–water partition coefficient (Wildman–Crippen LogP) is 3.44. The van der Waals surface area contributed by atoms with E-state index in [0.717, 1.165) is 62.8 Å². The van der Waals surface area contributed by atoms with E-state index in [4.69, 9.17) is 14.2 Å². The van der Waals surface area contributed by atoms with Crippen molar-refractivity contribution < 1.29 is 14.2 Å². The summed E-state index contributed by atoms with van der Waals surface area (Å²) in [6, 6.07) is 8.08. The molecular formula is C21H34IN3O3. The quantitative estimate of drug-likeness (QED) is 0.366. The molecule has 2 aliphatic rings. The summed E-state index contributed by atoms with van der Waals surface area (Å²) in [5, 5.41) is 3.46. The Kier molecular flexibility index (Phi) is 10.4. The van der Waals surface area contributed by atoms with Crippen LogP contribution in [0.3, 0.4) is 0 Å². The molecular weight excluding hydrogens is 469 g/mol. The van der Waals surface area contributed by atoms with E-state index < -0.39 is 0 Å². The van der Waals surface area contributed by atoms with Gasteiger partial charge in [-0.3, -0.25) is 4.99 Å². The average molecular weight is 503 g/mol. The van der Waals surface area contributed by atoms with E-state index >= 15 is 0 Å². The van der Waals surface area contributed by atoms with Gasteiger partial charge in [-0.05, 0) is 38.2 Å². The van der Waals surface area contributed by atoms with Crippen LogP contribution in [0.2, 0.25) is 0 Å². The molecule has 0 bridgehead atoms. The normalized spacial score (nSPS) is 21.1. The lowest BCUT2D eigenvalue weighted by molar-refractivity contribution is -0.0721. The van der Waals surface area contributed by atoms with Gasteiger partial charge in [0.2, 0.25) is 0 Å². The Morgan fingerprint density at radius 3 is 2.68 bits per heavy atom. The Morgan fingerprint density at radius 2 is 2.00 bits per heavy atom. The van der Waals surface area contributed by atoms with Crippen molar-refractivity contribution >= 4 is 29.9 Å². The number of nitrogens with one attached hydrogen (secondary N) is 1. The van der Waals surface area contributed by atoms with E-state index in [2.05, 4.69) is 21.3 Å². The standard InChI is InChI=1S/C21H33N3O3.HI/c1-22-21(23-15-17-7-3-4-9-20(17)25-2)24-12-10-18(11-13-24)27-16-19-8-5-6-14-26-19;/h3-4,7,9,18-19H,5-6,8,10-16H2,1-2H3,(H,22,23);1H. The van der Waals surface area contributed by atoms with Gasteiger partial charge in [0.1, 0.15) is 5.75 Å². The number of halogens is 1. The highest BCUT2D eigenvalue weighted by Crippen LogP contribution is 2.19. The fourth-order valence-corrected chi connectivity index (χ4v) is 3.77. The van der Waals surface area contributed by atoms with Crippen molar-refractivity contribution in [2.45, 2.75) is 50.9 Å². The zero-order valence-corrected chi connectivity index (χ0v) is 19.4. The maximum Gasteiger partial charge on any atom is 0.193 e. The molecule has 1 aromatic carbocycles. The van der Waals surface area contributed by atoms with E-state index in [0.29, 0.717) is 18.8 Å². The zero-order chi connectivity index (χ0) is 18.9. The molecule has 1 N–H and O–H groups in total. The summed E-state index contributed by atoms with van der Waals surface area (Å²) in [6.07, 6.45) is 6.28. The lowest BCUT2D eigenvalue weighted by Gasteiger charge is -2.35. The second kappa shape index (κ2) is 12.5. The minimum absolute atomic E-state index is 0. The second-order valence-electron chi connectivity index (χ2n) is 7.22. The van der Waals surface area contributed by atoms with Gasteiger partial charge in [0, 0.05) is 38.9 Å². The molecule has 0 aliphatic carbocycles. The first kappa shape index (κ1) is 23.2. The second-order valence-corrected chi connectivity index (χ2v) is 7.22. The Labute approximate surface area is 186 Å². The van der Waals surface area contributed by atoms with Gasteiger partial charge in [0.05, 0.1) is 25.9 Å². The van der Waals surface area contributed by atoms with Gasteiger partial charge in [-0.15, -0.1) is 24.0 Å². The Hall–Kier alpha value is -1.06. The number of likely N-dealkylation sites (tertiary alicyclic amines) is 1. The summed E-state index contributed by atoms with van der Waals surface area (Å²) in [5.41, 5.74) is 1.13. The third-order valence-electron chi connectivity index (χ3n) is 5.37. The van der Waals surface area contributed by atoms with E-state index in [1.807, 2.05) is 25.2 Å². The van der Waals surface area contributed by atoms with Crippen molar-refractivity contribution in [3.63, 3.8) is 0 Å². The molecule has 28 heavy (non-hydrogen) atoms. The maximum atomic E-state index is 6.12. The summed E-state index contributed by atoms with van der Waals surface area (Å²) in [5.74, 6) is 1.84. The van der Waals surface area contributed by atoms with Crippen LogP contribution in [0.5, 0.6) is 5.75 Å². The van der Waals surface area contributed by atoms with Crippen molar-refractivity contribution in [2.24, 2.45) is 4.99 Å². The van der Waals surface area contributed by atoms with E-state index in [1.54, 1.807) is 7.11 Å². The van der Waals surface area contributed by atoms with Gasteiger partial charge in [-0.1, -0.05) is 18.2 Å². The number of methoxy groups -OCH3 is 1. The highest BCUT2D eigenvalue weighted by atomic mass is 127. The van der Waals surface area contributed by atoms with Crippen LogP contribution >= 0.6 is 24.0 Å². The fourth-order valence-electron chi connectivity index (χ4n) is 3.77. The number of aliphatic imine (C=N–C) groups is 1. The van der Waals surface area contributed by atoms with Crippen molar-refractivity contribution in [2.75, 3.05) is 40.5 Å². The molecule has 2 fully saturated rings. The molecule has 7 heteroatoms. The average Bonchev–Trinajstić information content (AvgIpc) is 2.74. The van der Waals surface area contributed by atoms with Crippen LogP contribution in [-0.4, -0.2) is 63.5 Å². The summed E-state index contributed by atoms with van der Waals surface area (Å²) in [6.45, 7) is 4.25. The van der Waals surface area contributed by atoms with Crippen LogP contribution in [-0.2, 0) is 16.0 Å². The monoisotopic (exact) mass is 503 g/mol. The van der Waals surface area contributed by atoms with Gasteiger partial charge < -0.3 is 24.4 Å². The zero-order valence-electron chi connectivity index (χ0n) is 17.1. The SMILES string of the molecule is CN=C(NCc1ccccc1OC)N1CCC(OCC2CCCCO2)CC1.I. The molecule has 2 saturated heterocycles. The van der Waals surface area contributed by atoms with Crippen LogP contribution < -0.4 is 10.1 Å². The minimum Gasteiger partial charge on any atom is -0.496 e. The lowest BCUT2D eigenvalue weighted by Crippen LogP contribution is -2.47. The molecule has 1 atom stereocenters. The van der Waals surface area contributed by atoms with Crippen molar-refractivity contribution in [1.29, 1.82) is 0 Å². The number of para-hydroxylation sites is 1. The highest BCUT2D eigenvalue weighted by Gasteiger charge is 2.23. The third-order valence-corrected chi connectivity index (χ3v) is 5.37. The van der Waals surface area contributed by atoms with Crippen molar-refractivity contribution in [3.8, 4) is 5.75 Å². The number of hydrogen-bond acceptors (Lipinski definition) is 4. The maximum absolute atomic E-state index is 6.12. The molecule has 0 spiro atoms. The highest BCUT2D eigenvalue weighted by molar-refractivity contribution is 14.0. The number of piperidine rings is 1. The molecule has 0 amide bonds. The predicted molar refractivity (Wildman–Crippen MR) is 123 cm³/mol. The lowest BCUT2D eigenvalue weighted by atomic mass is 10.1. The smallest absolute Gasteiger partial charge is 0.193 e. The molecule has 6 nitrogen and oxygen atoms in total. The first-order valence-corrected chi connectivity index (χ1v) is 10.1.